The fraction of sp³-hybridized carbons (Fsp3) is 0.455. The maximum absolute atomic E-state index is 15.3. The molecule has 4 aromatic rings. The molecule has 3 aromatic heterocycles. The van der Waals surface area contributed by atoms with Crippen LogP contribution in [0.4, 0.5) is 27.9 Å². The fourth-order valence-corrected chi connectivity index (χ4v) is 5.37. The van der Waals surface area contributed by atoms with Gasteiger partial charge in [-0.3, -0.25) is 0 Å². The minimum absolute atomic E-state index is 0.0110. The molecule has 0 aliphatic carbocycles. The lowest BCUT2D eigenvalue weighted by molar-refractivity contribution is -0.0541. The van der Waals surface area contributed by atoms with E-state index in [0.717, 1.165) is 28.6 Å². The molecule has 11 nitrogen and oxygen atoms in total. The lowest BCUT2D eigenvalue weighted by Gasteiger charge is -2.37. The van der Waals surface area contributed by atoms with Crippen LogP contribution in [0.2, 0.25) is 0 Å². The summed E-state index contributed by atoms with van der Waals surface area (Å²) in [4.78, 5) is 4.14. The summed E-state index contributed by atoms with van der Waals surface area (Å²) in [6, 6.07) is 2.97. The second-order valence-corrected chi connectivity index (χ2v) is 11.4. The summed E-state index contributed by atoms with van der Waals surface area (Å²) in [5, 5.41) is 14.3. The number of piperidine rings is 1. The van der Waals surface area contributed by atoms with Crippen LogP contribution in [0.15, 0.2) is 24.4 Å². The van der Waals surface area contributed by atoms with Gasteiger partial charge < -0.3 is 10.1 Å². The van der Waals surface area contributed by atoms with Crippen LogP contribution in [0, 0.1) is 5.82 Å². The summed E-state index contributed by atoms with van der Waals surface area (Å²) in [7, 11) is -2.55. The Morgan fingerprint density at radius 3 is 2.67 bits per heavy atom. The monoisotopic (exact) mass is 574 g/mol. The summed E-state index contributed by atoms with van der Waals surface area (Å²) < 4.78 is 104. The SMILES string of the molecule is COc1nc(N[C@@H]2CCN(S(C)(=O)=O)CC2(F)F)nn2cc(F)c(-c3ccc4nnn(CC(C)(F)F)c4c3)c12. The molecule has 1 atom stereocenters. The number of nitrogens with zero attached hydrogens (tertiary/aromatic N) is 7. The van der Waals surface area contributed by atoms with Gasteiger partial charge in [-0.2, -0.15) is 9.29 Å². The van der Waals surface area contributed by atoms with Crippen molar-refractivity contribution in [1.29, 1.82) is 0 Å². The Bertz CT molecular complexity index is 1670. The number of rotatable bonds is 7. The van der Waals surface area contributed by atoms with Crippen molar-refractivity contribution in [3.8, 4) is 17.0 Å². The van der Waals surface area contributed by atoms with E-state index in [1.54, 1.807) is 0 Å². The van der Waals surface area contributed by atoms with Gasteiger partial charge in [0.1, 0.15) is 17.6 Å². The number of ether oxygens (including phenoxy) is 1. The minimum Gasteiger partial charge on any atom is -0.479 e. The molecule has 4 heterocycles. The van der Waals surface area contributed by atoms with Crippen molar-refractivity contribution < 1.29 is 35.1 Å². The summed E-state index contributed by atoms with van der Waals surface area (Å²) >= 11 is 0. The maximum Gasteiger partial charge on any atom is 0.281 e. The first kappa shape index (κ1) is 27.0. The molecule has 17 heteroatoms. The van der Waals surface area contributed by atoms with Gasteiger partial charge in [0.15, 0.2) is 5.82 Å². The molecule has 5 rings (SSSR count). The average molecular weight is 575 g/mol. The number of halogens is 5. The van der Waals surface area contributed by atoms with E-state index in [1.807, 2.05) is 0 Å². The number of hydrogen-bond donors (Lipinski definition) is 1. The summed E-state index contributed by atoms with van der Waals surface area (Å²) in [6.45, 7) is -1.14. The van der Waals surface area contributed by atoms with Crippen LogP contribution in [-0.4, -0.2) is 86.7 Å². The van der Waals surface area contributed by atoms with Gasteiger partial charge in [0.2, 0.25) is 21.9 Å². The van der Waals surface area contributed by atoms with Crippen molar-refractivity contribution in [1.82, 2.24) is 33.9 Å². The van der Waals surface area contributed by atoms with Gasteiger partial charge in [0, 0.05) is 13.5 Å². The predicted octanol–water partition coefficient (Wildman–Crippen LogP) is 3.03. The first-order valence-corrected chi connectivity index (χ1v) is 13.4. The van der Waals surface area contributed by atoms with Gasteiger partial charge in [-0.25, -0.2) is 39.6 Å². The molecular formula is C22H23F5N8O3S. The van der Waals surface area contributed by atoms with Gasteiger partial charge in [-0.15, -0.1) is 10.2 Å². The van der Waals surface area contributed by atoms with E-state index in [9.17, 15) is 26.0 Å². The quantitative estimate of drug-likeness (QED) is 0.335. The Morgan fingerprint density at radius 1 is 1.28 bits per heavy atom. The van der Waals surface area contributed by atoms with Crippen LogP contribution in [0.3, 0.4) is 0 Å². The molecule has 0 radical (unpaired) electrons. The molecule has 0 saturated carbocycles. The van der Waals surface area contributed by atoms with Gasteiger partial charge >= 0.3 is 0 Å². The smallest absolute Gasteiger partial charge is 0.281 e. The van der Waals surface area contributed by atoms with E-state index >= 15 is 4.39 Å². The largest absolute Gasteiger partial charge is 0.479 e. The third-order valence-electron chi connectivity index (χ3n) is 6.31. The highest BCUT2D eigenvalue weighted by Crippen LogP contribution is 2.36. The Balaban J connectivity index is 1.52. The fourth-order valence-electron chi connectivity index (χ4n) is 4.53. The van der Waals surface area contributed by atoms with Gasteiger partial charge in [0.25, 0.3) is 11.8 Å². The molecule has 1 aliphatic rings. The van der Waals surface area contributed by atoms with Gasteiger partial charge in [0.05, 0.1) is 43.2 Å². The molecule has 0 amide bonds. The van der Waals surface area contributed by atoms with Crippen molar-refractivity contribution in [3.63, 3.8) is 0 Å². The number of nitrogens with one attached hydrogen (secondary N) is 1. The molecule has 210 valence electrons. The van der Waals surface area contributed by atoms with Gasteiger partial charge in [-0.05, 0) is 24.1 Å². The molecule has 0 bridgehead atoms. The predicted molar refractivity (Wildman–Crippen MR) is 130 cm³/mol. The molecule has 1 fully saturated rings. The Hall–Kier alpha value is -3.60. The highest BCUT2D eigenvalue weighted by Gasteiger charge is 2.47. The number of alkyl halides is 4. The van der Waals surface area contributed by atoms with E-state index in [0.29, 0.717) is 9.82 Å². The standard InChI is InChI=1S/C22H23F5N8O3S/c1-21(24,25)10-35-15-8-12(4-5-14(15)30-32-35)17-13(23)9-34-18(17)19(38-2)29-20(31-34)28-16-6-7-33(39(3,36)37)11-22(16,26)27/h4-5,8-9,16H,6-7,10-11H2,1-3H3,(H,28,31)/t16-/m1/s1. The Kier molecular flexibility index (Phi) is 6.40. The normalized spacial score (nSPS) is 18.6. The molecule has 0 spiro atoms. The molecular weight excluding hydrogens is 551 g/mol. The summed E-state index contributed by atoms with van der Waals surface area (Å²) in [5.41, 5.74) is 0.896. The molecule has 1 saturated heterocycles. The Morgan fingerprint density at radius 2 is 2.03 bits per heavy atom. The van der Waals surface area contributed by atoms with Crippen molar-refractivity contribution in [2.45, 2.75) is 37.8 Å². The van der Waals surface area contributed by atoms with Crippen LogP contribution in [0.1, 0.15) is 13.3 Å². The van der Waals surface area contributed by atoms with Crippen molar-refractivity contribution in [3.05, 3.63) is 30.2 Å². The average Bonchev–Trinajstić information content (AvgIpc) is 3.37. The van der Waals surface area contributed by atoms with E-state index < -0.39 is 46.8 Å². The first-order valence-electron chi connectivity index (χ1n) is 11.6. The van der Waals surface area contributed by atoms with Crippen LogP contribution in [0.25, 0.3) is 27.7 Å². The number of hydrogen-bond acceptors (Lipinski definition) is 8. The van der Waals surface area contributed by atoms with E-state index in [4.69, 9.17) is 4.74 Å². The van der Waals surface area contributed by atoms with E-state index in [2.05, 4.69) is 25.7 Å². The zero-order valence-electron chi connectivity index (χ0n) is 20.9. The third kappa shape index (κ3) is 5.19. The number of aromatic nitrogens is 6. The molecule has 39 heavy (non-hydrogen) atoms. The maximum atomic E-state index is 15.3. The number of benzene rings is 1. The lowest BCUT2D eigenvalue weighted by Crippen LogP contribution is -2.55. The van der Waals surface area contributed by atoms with Gasteiger partial charge in [-0.1, -0.05) is 11.3 Å². The molecule has 0 unspecified atom stereocenters. The zero-order valence-corrected chi connectivity index (χ0v) is 21.7. The van der Waals surface area contributed by atoms with Crippen molar-refractivity contribution >= 4 is 32.5 Å². The van der Waals surface area contributed by atoms with Crippen molar-refractivity contribution in [2.24, 2.45) is 0 Å². The summed E-state index contributed by atoms with van der Waals surface area (Å²) in [5.74, 6) is -7.70. The molecule has 1 aromatic carbocycles. The van der Waals surface area contributed by atoms with Crippen LogP contribution in [-0.2, 0) is 16.6 Å². The number of anilines is 1. The van der Waals surface area contributed by atoms with Crippen molar-refractivity contribution in [2.75, 3.05) is 31.8 Å². The van der Waals surface area contributed by atoms with E-state index in [1.165, 1.54) is 25.3 Å². The van der Waals surface area contributed by atoms with Crippen LogP contribution < -0.4 is 10.1 Å². The minimum atomic E-state index is -3.80. The zero-order chi connectivity index (χ0) is 28.3. The van der Waals surface area contributed by atoms with Crippen LogP contribution >= 0.6 is 0 Å². The number of sulfonamides is 1. The van der Waals surface area contributed by atoms with E-state index in [-0.39, 0.29) is 47.0 Å². The second-order valence-electron chi connectivity index (χ2n) is 9.45. The first-order chi connectivity index (χ1) is 18.2. The number of fused-ring (bicyclic) bond motifs is 2. The Labute approximate surface area is 218 Å². The highest BCUT2D eigenvalue weighted by molar-refractivity contribution is 7.88. The topological polar surface area (TPSA) is 120 Å². The number of methoxy groups -OCH3 is 1. The third-order valence-corrected chi connectivity index (χ3v) is 7.56. The highest BCUT2D eigenvalue weighted by atomic mass is 32.2. The van der Waals surface area contributed by atoms with Crippen LogP contribution in [0.5, 0.6) is 5.88 Å². The second kappa shape index (κ2) is 9.25. The molecule has 1 N–H and O–H groups in total. The lowest BCUT2D eigenvalue weighted by atomic mass is 10.0. The summed E-state index contributed by atoms with van der Waals surface area (Å²) in [6.07, 6.45) is 1.63. The molecule has 1 aliphatic heterocycles.